The van der Waals surface area contributed by atoms with E-state index in [0.29, 0.717) is 12.1 Å². The number of benzene rings is 2. The second-order valence-electron chi connectivity index (χ2n) is 7.02. The number of imidazole rings is 1. The number of amides is 4. The summed E-state index contributed by atoms with van der Waals surface area (Å²) < 4.78 is 0. The maximum Gasteiger partial charge on any atom is 0.326 e. The zero-order valence-electron chi connectivity index (χ0n) is 16.0. The topological polar surface area (TPSA) is 98.4 Å². The number of imide groups is 1. The average molecular weight is 391 g/mol. The highest BCUT2D eigenvalue weighted by Crippen LogP contribution is 2.23. The molecule has 3 aromatic rings. The van der Waals surface area contributed by atoms with Crippen molar-refractivity contribution < 1.29 is 14.4 Å². The highest BCUT2D eigenvalue weighted by molar-refractivity contribution is 6.01. The third-order valence-corrected chi connectivity index (χ3v) is 4.83. The molecule has 0 atom stereocenters. The maximum absolute atomic E-state index is 12.3. The standard InChI is InChI=1S/C21H21N5O3/c1-25-13-19(28)26(21(25)29)11-5-10-18(27)22-15-7-4-6-14(12-15)20-23-16-8-2-3-9-17(16)24-20/h2-4,6-9,12H,5,10-11,13H2,1H3,(H,22,27)(H,23,24). The van der Waals surface area contributed by atoms with E-state index in [0.717, 1.165) is 22.4 Å². The van der Waals surface area contributed by atoms with Gasteiger partial charge in [0.25, 0.3) is 0 Å². The van der Waals surface area contributed by atoms with Crippen LogP contribution in [0.5, 0.6) is 0 Å². The molecule has 2 aromatic carbocycles. The van der Waals surface area contributed by atoms with Crippen LogP contribution in [0.2, 0.25) is 0 Å². The van der Waals surface area contributed by atoms with Crippen LogP contribution in [0.15, 0.2) is 48.5 Å². The number of fused-ring (bicyclic) bond motifs is 1. The predicted octanol–water partition coefficient (Wildman–Crippen LogP) is 2.84. The van der Waals surface area contributed by atoms with E-state index in [1.165, 1.54) is 9.80 Å². The van der Waals surface area contributed by atoms with Gasteiger partial charge in [-0.3, -0.25) is 14.5 Å². The van der Waals surface area contributed by atoms with Crippen LogP contribution in [0.4, 0.5) is 10.5 Å². The number of rotatable bonds is 6. The molecule has 2 heterocycles. The number of nitrogens with zero attached hydrogens (tertiary/aromatic N) is 3. The Hall–Kier alpha value is -3.68. The van der Waals surface area contributed by atoms with Crippen LogP contribution >= 0.6 is 0 Å². The van der Waals surface area contributed by atoms with Gasteiger partial charge in [0.1, 0.15) is 12.4 Å². The molecule has 0 bridgehead atoms. The number of aromatic nitrogens is 2. The Morgan fingerprint density at radius 3 is 2.76 bits per heavy atom. The number of anilines is 1. The van der Waals surface area contributed by atoms with Gasteiger partial charge in [-0.15, -0.1) is 0 Å². The van der Waals surface area contributed by atoms with Crippen molar-refractivity contribution in [2.24, 2.45) is 0 Å². The zero-order chi connectivity index (χ0) is 20.4. The van der Waals surface area contributed by atoms with Crippen molar-refractivity contribution in [1.29, 1.82) is 0 Å². The van der Waals surface area contributed by atoms with Gasteiger partial charge in [0, 0.05) is 31.3 Å². The van der Waals surface area contributed by atoms with Crippen LogP contribution in [0, 0.1) is 0 Å². The van der Waals surface area contributed by atoms with Gasteiger partial charge >= 0.3 is 6.03 Å². The predicted molar refractivity (Wildman–Crippen MR) is 109 cm³/mol. The molecule has 8 nitrogen and oxygen atoms in total. The lowest BCUT2D eigenvalue weighted by Crippen LogP contribution is -2.32. The number of aromatic amines is 1. The summed E-state index contributed by atoms with van der Waals surface area (Å²) in [5.74, 6) is 0.341. The van der Waals surface area contributed by atoms with E-state index in [-0.39, 0.29) is 37.4 Å². The Morgan fingerprint density at radius 2 is 2.00 bits per heavy atom. The van der Waals surface area contributed by atoms with E-state index in [9.17, 15) is 14.4 Å². The van der Waals surface area contributed by atoms with E-state index in [1.807, 2.05) is 48.5 Å². The van der Waals surface area contributed by atoms with Crippen LogP contribution in [0.3, 0.4) is 0 Å². The first-order valence-electron chi connectivity index (χ1n) is 9.42. The van der Waals surface area contributed by atoms with E-state index in [4.69, 9.17) is 0 Å². The molecule has 1 aliphatic heterocycles. The Labute approximate surface area is 167 Å². The lowest BCUT2D eigenvalue weighted by molar-refractivity contribution is -0.125. The second kappa shape index (κ2) is 7.75. The Kier molecular flexibility index (Phi) is 4.99. The SMILES string of the molecule is CN1CC(=O)N(CCCC(=O)Nc2cccc(-c3nc4ccccc4[nH]3)c2)C1=O. The molecule has 2 N–H and O–H groups in total. The van der Waals surface area contributed by atoms with Gasteiger partial charge in [0.05, 0.1) is 11.0 Å². The van der Waals surface area contributed by atoms with Crippen molar-refractivity contribution in [3.05, 3.63) is 48.5 Å². The first kappa shape index (κ1) is 18.7. The summed E-state index contributed by atoms with van der Waals surface area (Å²) in [6.07, 6.45) is 0.635. The lowest BCUT2D eigenvalue weighted by Gasteiger charge is -2.13. The highest BCUT2D eigenvalue weighted by Gasteiger charge is 2.32. The molecule has 0 aliphatic carbocycles. The molecule has 0 unspecified atom stereocenters. The van der Waals surface area contributed by atoms with E-state index < -0.39 is 0 Å². The van der Waals surface area contributed by atoms with Crippen LogP contribution in [-0.4, -0.2) is 57.8 Å². The van der Waals surface area contributed by atoms with Crippen molar-refractivity contribution in [2.45, 2.75) is 12.8 Å². The molecule has 1 fully saturated rings. The third-order valence-electron chi connectivity index (χ3n) is 4.83. The van der Waals surface area contributed by atoms with E-state index >= 15 is 0 Å². The van der Waals surface area contributed by atoms with E-state index in [1.54, 1.807) is 7.05 Å². The van der Waals surface area contributed by atoms with Gasteiger partial charge < -0.3 is 15.2 Å². The van der Waals surface area contributed by atoms with Crippen molar-refractivity contribution in [3.8, 4) is 11.4 Å². The lowest BCUT2D eigenvalue weighted by atomic mass is 10.2. The molecular weight excluding hydrogens is 370 g/mol. The van der Waals surface area contributed by atoms with Crippen LogP contribution in [0.1, 0.15) is 12.8 Å². The summed E-state index contributed by atoms with van der Waals surface area (Å²) in [4.78, 5) is 46.3. The largest absolute Gasteiger partial charge is 0.338 e. The normalized spacial score (nSPS) is 14.1. The van der Waals surface area contributed by atoms with Crippen molar-refractivity contribution in [1.82, 2.24) is 19.8 Å². The minimum atomic E-state index is -0.311. The molecule has 29 heavy (non-hydrogen) atoms. The van der Waals surface area contributed by atoms with Crippen molar-refractivity contribution in [3.63, 3.8) is 0 Å². The quantitative estimate of drug-likeness (QED) is 0.631. The third kappa shape index (κ3) is 3.96. The average Bonchev–Trinajstić information content (AvgIpc) is 3.24. The number of hydrogen-bond donors (Lipinski definition) is 2. The summed E-state index contributed by atoms with van der Waals surface area (Å²) in [6.45, 7) is 0.341. The highest BCUT2D eigenvalue weighted by atomic mass is 16.2. The Balaban J connectivity index is 1.36. The maximum atomic E-state index is 12.3. The smallest absolute Gasteiger partial charge is 0.326 e. The Bertz CT molecular complexity index is 1060. The van der Waals surface area contributed by atoms with Crippen LogP contribution < -0.4 is 5.32 Å². The molecule has 1 aliphatic rings. The van der Waals surface area contributed by atoms with Gasteiger partial charge in [-0.1, -0.05) is 24.3 Å². The van der Waals surface area contributed by atoms with Crippen molar-refractivity contribution >= 4 is 34.6 Å². The van der Waals surface area contributed by atoms with Crippen LogP contribution in [-0.2, 0) is 9.59 Å². The Morgan fingerprint density at radius 1 is 1.17 bits per heavy atom. The monoisotopic (exact) mass is 391 g/mol. The number of nitrogens with one attached hydrogen (secondary N) is 2. The number of carbonyl (C=O) groups is 3. The molecule has 148 valence electrons. The molecule has 8 heteroatoms. The summed E-state index contributed by atoms with van der Waals surface area (Å²) >= 11 is 0. The van der Waals surface area contributed by atoms with Gasteiger partial charge in [0.15, 0.2) is 0 Å². The number of para-hydroxylation sites is 2. The second-order valence-corrected chi connectivity index (χ2v) is 7.02. The number of urea groups is 1. The first-order chi connectivity index (χ1) is 14.0. The molecule has 4 rings (SSSR count). The summed E-state index contributed by atoms with van der Waals surface area (Å²) in [5, 5.41) is 2.86. The summed E-state index contributed by atoms with van der Waals surface area (Å²) in [6, 6.07) is 14.9. The summed E-state index contributed by atoms with van der Waals surface area (Å²) in [5.41, 5.74) is 3.37. The van der Waals surface area contributed by atoms with Gasteiger partial charge in [0.2, 0.25) is 11.8 Å². The van der Waals surface area contributed by atoms with Gasteiger partial charge in [-0.05, 0) is 30.7 Å². The first-order valence-corrected chi connectivity index (χ1v) is 9.42. The number of hydrogen-bond acceptors (Lipinski definition) is 4. The fourth-order valence-corrected chi connectivity index (χ4v) is 3.34. The summed E-state index contributed by atoms with van der Waals surface area (Å²) in [7, 11) is 1.59. The minimum Gasteiger partial charge on any atom is -0.338 e. The van der Waals surface area contributed by atoms with E-state index in [2.05, 4.69) is 15.3 Å². The molecule has 1 aromatic heterocycles. The molecule has 0 spiro atoms. The van der Waals surface area contributed by atoms with Crippen molar-refractivity contribution in [2.75, 3.05) is 25.5 Å². The molecule has 0 saturated carbocycles. The fourth-order valence-electron chi connectivity index (χ4n) is 3.34. The minimum absolute atomic E-state index is 0.0968. The van der Waals surface area contributed by atoms with Gasteiger partial charge in [-0.25, -0.2) is 9.78 Å². The van der Waals surface area contributed by atoms with Crippen LogP contribution in [0.25, 0.3) is 22.4 Å². The number of carbonyl (C=O) groups excluding carboxylic acids is 3. The number of likely N-dealkylation sites (N-methyl/N-ethyl adjacent to an activating group) is 1. The van der Waals surface area contributed by atoms with Gasteiger partial charge in [-0.2, -0.15) is 0 Å². The zero-order valence-corrected chi connectivity index (χ0v) is 16.0. The molecular formula is C21H21N5O3. The molecule has 4 amide bonds. The fraction of sp³-hybridized carbons (Fsp3) is 0.238. The molecule has 0 radical (unpaired) electrons. The number of H-pyrrole nitrogens is 1. The molecule has 1 saturated heterocycles.